The van der Waals surface area contributed by atoms with E-state index in [1.807, 2.05) is 30.5 Å². The Bertz CT molecular complexity index is 1410. The summed E-state index contributed by atoms with van der Waals surface area (Å²) in [6.07, 6.45) is 6.21. The Kier molecular flexibility index (Phi) is 4.95. The molecule has 10 heteroatoms. The molecule has 3 aromatic heterocycles. The van der Waals surface area contributed by atoms with E-state index in [4.69, 9.17) is 10.7 Å². The van der Waals surface area contributed by atoms with E-state index in [1.165, 1.54) is 10.6 Å². The maximum absolute atomic E-state index is 11.8. The van der Waals surface area contributed by atoms with Crippen molar-refractivity contribution >= 4 is 48.3 Å². The number of aromatic nitrogens is 4. The molecule has 8 nitrogen and oxygen atoms in total. The number of sulfonamides is 1. The van der Waals surface area contributed by atoms with Crippen molar-refractivity contribution < 1.29 is 8.42 Å². The SMILES string of the molecule is CS(=O)(=O)N1CCC(c2nc3c(-c4cnc5ccccc5c4)cnn3c(N)c2Br)CC1. The van der Waals surface area contributed by atoms with Gasteiger partial charge in [0.05, 0.1) is 28.1 Å². The highest BCUT2D eigenvalue weighted by Crippen LogP contribution is 2.37. The molecule has 1 aliphatic heterocycles. The molecule has 4 heterocycles. The topological polar surface area (TPSA) is 106 Å². The summed E-state index contributed by atoms with van der Waals surface area (Å²) in [6.45, 7) is 0.951. The Hall–Kier alpha value is -2.56. The fraction of sp³-hybridized carbons (Fsp3) is 0.286. The van der Waals surface area contributed by atoms with Gasteiger partial charge in [-0.3, -0.25) is 4.98 Å². The van der Waals surface area contributed by atoms with Crippen LogP contribution in [0.4, 0.5) is 5.82 Å². The zero-order valence-electron chi connectivity index (χ0n) is 16.9. The maximum Gasteiger partial charge on any atom is 0.211 e. The molecular weight excluding hydrogens is 480 g/mol. The van der Waals surface area contributed by atoms with Crippen LogP contribution in [0.2, 0.25) is 0 Å². The van der Waals surface area contributed by atoms with E-state index < -0.39 is 10.0 Å². The minimum absolute atomic E-state index is 0.108. The van der Waals surface area contributed by atoms with E-state index in [0.29, 0.717) is 41.9 Å². The van der Waals surface area contributed by atoms with Crippen molar-refractivity contribution in [2.45, 2.75) is 18.8 Å². The standard InChI is InChI=1S/C21H21BrN6O2S/c1-31(29,30)27-8-6-13(7-9-27)19-18(22)20(23)28-21(26-19)16(12-25-28)15-10-14-4-2-3-5-17(14)24-11-15/h2-5,10-13H,6-9,23H2,1H3. The molecule has 4 aromatic rings. The highest BCUT2D eigenvalue weighted by molar-refractivity contribution is 9.10. The van der Waals surface area contributed by atoms with Gasteiger partial charge in [-0.15, -0.1) is 0 Å². The number of para-hydroxylation sites is 1. The van der Waals surface area contributed by atoms with E-state index in [9.17, 15) is 8.42 Å². The van der Waals surface area contributed by atoms with Crippen LogP contribution in [0, 0.1) is 0 Å². The lowest BCUT2D eigenvalue weighted by molar-refractivity contribution is 0.318. The van der Waals surface area contributed by atoms with Crippen molar-refractivity contribution in [2.75, 3.05) is 25.1 Å². The minimum Gasteiger partial charge on any atom is -0.383 e. The lowest BCUT2D eigenvalue weighted by atomic mass is 9.94. The van der Waals surface area contributed by atoms with Crippen LogP contribution >= 0.6 is 15.9 Å². The van der Waals surface area contributed by atoms with Crippen LogP contribution in [-0.4, -0.2) is 51.7 Å². The lowest BCUT2D eigenvalue weighted by Gasteiger charge is -2.30. The molecule has 5 rings (SSSR count). The quantitative estimate of drug-likeness (QED) is 0.461. The van der Waals surface area contributed by atoms with Crippen molar-refractivity contribution in [3.63, 3.8) is 0 Å². The highest BCUT2D eigenvalue weighted by Gasteiger charge is 2.29. The zero-order valence-corrected chi connectivity index (χ0v) is 19.3. The van der Waals surface area contributed by atoms with Gasteiger partial charge >= 0.3 is 0 Å². The number of pyridine rings is 1. The molecule has 0 bridgehead atoms. The molecule has 0 unspecified atom stereocenters. The molecule has 1 saturated heterocycles. The maximum atomic E-state index is 11.8. The molecule has 1 aliphatic rings. The predicted molar refractivity (Wildman–Crippen MR) is 124 cm³/mol. The second-order valence-corrected chi connectivity index (χ2v) is 10.6. The van der Waals surface area contributed by atoms with E-state index in [1.54, 1.807) is 10.7 Å². The molecule has 1 fully saturated rings. The van der Waals surface area contributed by atoms with Crippen LogP contribution < -0.4 is 5.73 Å². The Morgan fingerprint density at radius 2 is 1.90 bits per heavy atom. The van der Waals surface area contributed by atoms with Gasteiger partial charge in [0.15, 0.2) is 5.65 Å². The lowest BCUT2D eigenvalue weighted by Crippen LogP contribution is -2.37. The third kappa shape index (κ3) is 3.58. The first-order valence-electron chi connectivity index (χ1n) is 9.96. The number of hydrogen-bond donors (Lipinski definition) is 1. The Balaban J connectivity index is 1.57. The number of benzene rings is 1. The number of nitrogens with two attached hydrogens (primary N) is 1. The number of rotatable bonds is 3. The van der Waals surface area contributed by atoms with Gasteiger partial charge in [-0.25, -0.2) is 17.7 Å². The Morgan fingerprint density at radius 3 is 2.65 bits per heavy atom. The van der Waals surface area contributed by atoms with E-state index in [-0.39, 0.29) is 5.92 Å². The normalized spacial score (nSPS) is 16.3. The van der Waals surface area contributed by atoms with Gasteiger partial charge in [0.2, 0.25) is 10.0 Å². The zero-order chi connectivity index (χ0) is 21.8. The summed E-state index contributed by atoms with van der Waals surface area (Å²) in [6, 6.07) is 10.0. The molecular formula is C21H21BrN6O2S. The van der Waals surface area contributed by atoms with E-state index in [2.05, 4.69) is 32.1 Å². The predicted octanol–water partition coefficient (Wildman–Crippen LogP) is 3.43. The molecule has 0 atom stereocenters. The Labute approximate surface area is 188 Å². The summed E-state index contributed by atoms with van der Waals surface area (Å²) >= 11 is 3.60. The van der Waals surface area contributed by atoms with Crippen LogP contribution in [0.5, 0.6) is 0 Å². The minimum atomic E-state index is -3.18. The third-order valence-electron chi connectivity index (χ3n) is 5.86. The monoisotopic (exact) mass is 500 g/mol. The largest absolute Gasteiger partial charge is 0.383 e. The number of piperidine rings is 1. The molecule has 1 aromatic carbocycles. The van der Waals surface area contributed by atoms with Crippen molar-refractivity contribution in [3.8, 4) is 11.1 Å². The first-order chi connectivity index (χ1) is 14.8. The van der Waals surface area contributed by atoms with Gasteiger partial charge in [-0.1, -0.05) is 18.2 Å². The molecule has 0 saturated carbocycles. The number of anilines is 1. The van der Waals surface area contributed by atoms with Crippen molar-refractivity contribution in [2.24, 2.45) is 0 Å². The average molecular weight is 501 g/mol. The number of hydrogen-bond acceptors (Lipinski definition) is 6. The van der Waals surface area contributed by atoms with Gasteiger partial charge in [-0.05, 0) is 40.9 Å². The van der Waals surface area contributed by atoms with Crippen LogP contribution in [0.3, 0.4) is 0 Å². The van der Waals surface area contributed by atoms with Gasteiger partial charge in [-0.2, -0.15) is 9.61 Å². The van der Waals surface area contributed by atoms with Gasteiger partial charge < -0.3 is 5.73 Å². The van der Waals surface area contributed by atoms with Crippen LogP contribution in [0.25, 0.3) is 27.7 Å². The van der Waals surface area contributed by atoms with Crippen LogP contribution in [-0.2, 0) is 10.0 Å². The molecule has 0 spiro atoms. The summed E-state index contributed by atoms with van der Waals surface area (Å²) < 4.78 is 27.6. The van der Waals surface area contributed by atoms with Gasteiger partial charge in [0.1, 0.15) is 5.82 Å². The Morgan fingerprint density at radius 1 is 1.16 bits per heavy atom. The van der Waals surface area contributed by atoms with Gasteiger partial charge in [0, 0.05) is 41.7 Å². The van der Waals surface area contributed by atoms with E-state index in [0.717, 1.165) is 27.7 Å². The van der Waals surface area contributed by atoms with Crippen molar-refractivity contribution in [3.05, 3.63) is 52.9 Å². The molecule has 160 valence electrons. The number of nitrogen functional groups attached to an aromatic ring is 1. The summed E-state index contributed by atoms with van der Waals surface area (Å²) in [5.74, 6) is 0.586. The summed E-state index contributed by atoms with van der Waals surface area (Å²) in [5.41, 5.74) is 10.6. The molecule has 2 N–H and O–H groups in total. The van der Waals surface area contributed by atoms with Crippen molar-refractivity contribution in [1.29, 1.82) is 0 Å². The summed E-state index contributed by atoms with van der Waals surface area (Å²) in [7, 11) is -3.18. The summed E-state index contributed by atoms with van der Waals surface area (Å²) in [5, 5.41) is 5.49. The molecule has 0 amide bonds. The highest BCUT2D eigenvalue weighted by atomic mass is 79.9. The smallest absolute Gasteiger partial charge is 0.211 e. The third-order valence-corrected chi connectivity index (χ3v) is 7.97. The molecule has 0 radical (unpaired) electrons. The fourth-order valence-electron chi connectivity index (χ4n) is 4.17. The first-order valence-corrected chi connectivity index (χ1v) is 12.6. The average Bonchev–Trinajstić information content (AvgIpc) is 3.19. The molecule has 31 heavy (non-hydrogen) atoms. The molecule has 0 aliphatic carbocycles. The number of fused-ring (bicyclic) bond motifs is 2. The van der Waals surface area contributed by atoms with Crippen molar-refractivity contribution in [1.82, 2.24) is 23.9 Å². The fourth-order valence-corrected chi connectivity index (χ4v) is 5.62. The number of halogens is 1. The first kappa shape index (κ1) is 20.3. The second kappa shape index (κ2) is 7.54. The van der Waals surface area contributed by atoms with Gasteiger partial charge in [0.25, 0.3) is 0 Å². The second-order valence-electron chi connectivity index (χ2n) is 7.84. The number of nitrogens with zero attached hydrogens (tertiary/aromatic N) is 5. The van der Waals surface area contributed by atoms with Crippen LogP contribution in [0.1, 0.15) is 24.5 Å². The van der Waals surface area contributed by atoms with E-state index >= 15 is 0 Å². The van der Waals surface area contributed by atoms with Crippen LogP contribution in [0.15, 0.2) is 47.2 Å². The summed E-state index contributed by atoms with van der Waals surface area (Å²) in [4.78, 5) is 9.50.